The Balaban J connectivity index is 0.800. The molecule has 5 amide bonds. The number of nitrogens with zero attached hydrogens (tertiary/aromatic N) is 3. The number of ketones is 2. The Bertz CT molecular complexity index is 3150. The van der Waals surface area contributed by atoms with Crippen LogP contribution in [0.1, 0.15) is 99.9 Å². The molecule has 0 bridgehead atoms. The average molecular weight is 963 g/mol. The van der Waals surface area contributed by atoms with Crippen LogP contribution in [0.2, 0.25) is 0 Å². The summed E-state index contributed by atoms with van der Waals surface area (Å²) in [5.41, 5.74) is 3.17. The number of imide groups is 2. The molecule has 0 spiro atoms. The number of anilines is 3. The molecule has 6 aromatic rings. The zero-order chi connectivity index (χ0) is 50.2. The van der Waals surface area contributed by atoms with E-state index in [0.29, 0.717) is 77.0 Å². The lowest BCUT2D eigenvalue weighted by atomic mass is 10.0. The number of rotatable bonds is 19. The third kappa shape index (κ3) is 11.9. The third-order valence-electron chi connectivity index (χ3n) is 12.1. The van der Waals surface area contributed by atoms with E-state index in [2.05, 4.69) is 27.0 Å². The summed E-state index contributed by atoms with van der Waals surface area (Å²) < 4.78 is 45.5. The monoisotopic (exact) mass is 962 g/mol. The fourth-order valence-corrected chi connectivity index (χ4v) is 8.66. The molecule has 1 saturated heterocycles. The number of carbonyl (C=O) groups excluding carboxylic acids is 7. The van der Waals surface area contributed by atoms with Crippen molar-refractivity contribution in [2.24, 2.45) is 0 Å². The number of amides is 5. The number of fused-ring (bicyclic) bond motifs is 2. The first-order valence-corrected chi connectivity index (χ1v) is 22.9. The second-order valence-corrected chi connectivity index (χ2v) is 17.4. The average Bonchev–Trinajstić information content (AvgIpc) is 3.59. The number of halogens is 3. The molecule has 17 heteroatoms. The van der Waals surface area contributed by atoms with Crippen molar-refractivity contribution in [3.05, 3.63) is 154 Å². The molecular weight excluding hydrogens is 918 g/mol. The van der Waals surface area contributed by atoms with E-state index in [4.69, 9.17) is 4.74 Å². The lowest BCUT2D eigenvalue weighted by Crippen LogP contribution is -2.54. The number of hydrogen-bond acceptors (Lipinski definition) is 11. The first kappa shape index (κ1) is 48.9. The molecule has 1 fully saturated rings. The smallest absolute Gasteiger partial charge is 0.416 e. The summed E-state index contributed by atoms with van der Waals surface area (Å²) in [6.45, 7) is 0. The van der Waals surface area contributed by atoms with Gasteiger partial charge in [0.2, 0.25) is 17.7 Å². The summed E-state index contributed by atoms with van der Waals surface area (Å²) in [7, 11) is 0. The first-order valence-electron chi connectivity index (χ1n) is 22.9. The molecule has 71 heavy (non-hydrogen) atoms. The minimum atomic E-state index is -4.50. The van der Waals surface area contributed by atoms with E-state index in [1.54, 1.807) is 54.6 Å². The predicted octanol–water partition coefficient (Wildman–Crippen LogP) is 9.51. The van der Waals surface area contributed by atoms with Gasteiger partial charge in [-0.25, -0.2) is 0 Å². The molecule has 8 rings (SSSR count). The molecule has 5 aromatic carbocycles. The van der Waals surface area contributed by atoms with E-state index in [9.17, 15) is 52.0 Å². The molecule has 1 atom stereocenters. The number of unbranched alkanes of at least 4 members (excludes halogenated alkanes) is 3. The van der Waals surface area contributed by atoms with Crippen LogP contribution in [-0.4, -0.2) is 57.0 Å². The minimum Gasteiger partial charge on any atom is -0.457 e. The second-order valence-electron chi connectivity index (χ2n) is 17.4. The van der Waals surface area contributed by atoms with Gasteiger partial charge >= 0.3 is 6.18 Å². The highest BCUT2D eigenvalue weighted by Crippen LogP contribution is 2.35. The third-order valence-corrected chi connectivity index (χ3v) is 12.1. The summed E-state index contributed by atoms with van der Waals surface area (Å²) in [4.78, 5) is 94.7. The lowest BCUT2D eigenvalue weighted by molar-refractivity contribution is -0.138. The van der Waals surface area contributed by atoms with Crippen LogP contribution in [-0.2, 0) is 49.4 Å². The molecular formula is C54H45F3N6O8. The van der Waals surface area contributed by atoms with Gasteiger partial charge in [0, 0.05) is 55.8 Å². The van der Waals surface area contributed by atoms with Gasteiger partial charge < -0.3 is 15.4 Å². The zero-order valence-corrected chi connectivity index (χ0v) is 38.1. The van der Waals surface area contributed by atoms with Gasteiger partial charge in [0.25, 0.3) is 11.8 Å². The van der Waals surface area contributed by atoms with Gasteiger partial charge in [0.05, 0.1) is 39.1 Å². The minimum absolute atomic E-state index is 0.00325. The number of hydrogen-bond donors (Lipinski definition) is 3. The van der Waals surface area contributed by atoms with Crippen LogP contribution in [0.4, 0.5) is 30.2 Å². The van der Waals surface area contributed by atoms with Gasteiger partial charge in [-0.3, -0.25) is 48.8 Å². The summed E-state index contributed by atoms with van der Waals surface area (Å²) in [5.74, 6) is -2.21. The summed E-state index contributed by atoms with van der Waals surface area (Å²) in [5, 5.41) is 18.9. The number of aromatic nitrogens is 1. The largest absolute Gasteiger partial charge is 0.457 e. The molecule has 3 N–H and O–H groups in total. The quantitative estimate of drug-likeness (QED) is 0.0515. The first-order chi connectivity index (χ1) is 34.1. The van der Waals surface area contributed by atoms with E-state index < -0.39 is 41.4 Å². The Hall–Kier alpha value is -8.52. The fourth-order valence-electron chi connectivity index (χ4n) is 8.66. The number of Topliss-reactive ketones (excluding diaryl/α,β-unsaturated/α-hetero) is 2. The molecule has 0 aliphatic carbocycles. The van der Waals surface area contributed by atoms with Crippen LogP contribution in [0, 0.1) is 11.3 Å². The van der Waals surface area contributed by atoms with Crippen molar-refractivity contribution in [1.29, 1.82) is 5.26 Å². The summed E-state index contributed by atoms with van der Waals surface area (Å²) >= 11 is 0. The molecule has 0 radical (unpaired) electrons. The van der Waals surface area contributed by atoms with Gasteiger partial charge in [-0.15, -0.1) is 0 Å². The molecule has 360 valence electrons. The van der Waals surface area contributed by atoms with Gasteiger partial charge in [0.1, 0.15) is 35.2 Å². The van der Waals surface area contributed by atoms with Crippen molar-refractivity contribution in [2.45, 2.75) is 82.8 Å². The highest BCUT2D eigenvalue weighted by molar-refractivity contribution is 6.26. The number of ether oxygens (including phenoxy) is 1. The SMILES string of the molecule is N#Cc1cnc2ccc(CC(=O)CCCCCCC(=O)Nc3cccc4c3C(=O)N(C3CCC(=O)NC3=O)C4=O)cc2c1Nc1ccc(Oc2cccc(CC(=O)Cc3cccc(C(F)(F)F)c3)c2)cc1. The highest BCUT2D eigenvalue weighted by Gasteiger charge is 2.45. The van der Waals surface area contributed by atoms with Gasteiger partial charge in [0.15, 0.2) is 0 Å². The van der Waals surface area contributed by atoms with Gasteiger partial charge in [-0.2, -0.15) is 18.4 Å². The van der Waals surface area contributed by atoms with Crippen LogP contribution >= 0.6 is 0 Å². The Kier molecular flexibility index (Phi) is 14.8. The highest BCUT2D eigenvalue weighted by atomic mass is 19.4. The van der Waals surface area contributed by atoms with Crippen LogP contribution in [0.15, 0.2) is 115 Å². The molecule has 14 nitrogen and oxygen atoms in total. The van der Waals surface area contributed by atoms with Crippen LogP contribution in [0.3, 0.4) is 0 Å². The van der Waals surface area contributed by atoms with Gasteiger partial charge in [-0.05, 0) is 103 Å². The predicted molar refractivity (Wildman–Crippen MR) is 255 cm³/mol. The maximum Gasteiger partial charge on any atom is 0.416 e. The maximum absolute atomic E-state index is 13.4. The number of benzene rings is 5. The molecule has 0 saturated carbocycles. The van der Waals surface area contributed by atoms with Crippen molar-refractivity contribution < 1.29 is 51.5 Å². The summed E-state index contributed by atoms with van der Waals surface area (Å²) in [6, 6.07) is 29.7. The van der Waals surface area contributed by atoms with E-state index in [1.807, 2.05) is 12.1 Å². The van der Waals surface area contributed by atoms with Crippen LogP contribution in [0.5, 0.6) is 11.5 Å². The Morgan fingerprint density at radius 3 is 2.18 bits per heavy atom. The van der Waals surface area contributed by atoms with E-state index in [1.165, 1.54) is 36.5 Å². The number of nitriles is 1. The van der Waals surface area contributed by atoms with Crippen LogP contribution in [0.25, 0.3) is 10.9 Å². The number of pyridine rings is 1. The molecule has 2 aliphatic rings. The van der Waals surface area contributed by atoms with Crippen LogP contribution < -0.4 is 20.7 Å². The maximum atomic E-state index is 13.4. The standard InChI is InChI=1S/C54H45F3N6O8/c55-54(56,57)36-10-5-8-32(24-36)26-39(65)27-33-9-6-12-41(28-33)71-40-19-17-37(18-20-40)60-50-35(30-58)31-59-44-21-16-34(29-43(44)50)25-38(64)11-3-1-2-4-15-47(66)61-45-14-7-13-42-49(45)53(70)63(52(42)69)46-22-23-48(67)62-51(46)68/h5-10,12-14,16-21,24,28-29,31,46H,1-4,11,15,22-23,25-27H2,(H,59,60)(H,61,66)(H,62,67,68). The normalized spacial score (nSPS) is 14.5. The van der Waals surface area contributed by atoms with Crippen molar-refractivity contribution in [2.75, 3.05) is 10.6 Å². The lowest BCUT2D eigenvalue weighted by Gasteiger charge is -2.27. The molecule has 1 aromatic heterocycles. The second kappa shape index (κ2) is 21.4. The Labute approximate surface area is 405 Å². The Morgan fingerprint density at radius 1 is 0.761 bits per heavy atom. The number of nitrogens with one attached hydrogen (secondary N) is 3. The number of carbonyl (C=O) groups is 7. The van der Waals surface area contributed by atoms with Crippen molar-refractivity contribution in [1.82, 2.24) is 15.2 Å². The van der Waals surface area contributed by atoms with Crippen molar-refractivity contribution >= 4 is 69.1 Å². The van der Waals surface area contributed by atoms with Gasteiger partial charge in [-0.1, -0.05) is 55.3 Å². The van der Waals surface area contributed by atoms with E-state index >= 15 is 0 Å². The fraction of sp³-hybridized carbons (Fsp3) is 0.241. The molecule has 2 aliphatic heterocycles. The molecule has 3 heterocycles. The molecule has 1 unspecified atom stereocenters. The Morgan fingerprint density at radius 2 is 1.45 bits per heavy atom. The summed E-state index contributed by atoms with van der Waals surface area (Å²) in [6.07, 6.45) is -0.0348. The topological polar surface area (TPSA) is 205 Å². The van der Waals surface area contributed by atoms with Crippen molar-refractivity contribution in [3.63, 3.8) is 0 Å². The number of alkyl halides is 3. The number of piperidine rings is 1. The zero-order valence-electron chi connectivity index (χ0n) is 38.1. The van der Waals surface area contributed by atoms with Crippen molar-refractivity contribution in [3.8, 4) is 17.6 Å². The van der Waals surface area contributed by atoms with E-state index in [0.717, 1.165) is 22.6 Å². The van der Waals surface area contributed by atoms with E-state index in [-0.39, 0.29) is 78.4 Å².